The molecule has 0 saturated carbocycles. The SMILES string of the molecule is Cc1cccc(NC(=O)NC(CC(=O)O)C(=O)O)c1C#N. The molecule has 0 aliphatic carbocycles. The van der Waals surface area contributed by atoms with Gasteiger partial charge < -0.3 is 20.8 Å². The van der Waals surface area contributed by atoms with Crippen molar-refractivity contribution in [2.24, 2.45) is 0 Å². The van der Waals surface area contributed by atoms with Crippen LogP contribution < -0.4 is 10.6 Å². The largest absolute Gasteiger partial charge is 0.481 e. The third-order valence-corrected chi connectivity index (χ3v) is 2.61. The van der Waals surface area contributed by atoms with Gasteiger partial charge in [0.15, 0.2) is 0 Å². The number of nitrogens with zero attached hydrogens (tertiary/aromatic N) is 1. The molecular formula is C13H13N3O5. The van der Waals surface area contributed by atoms with Crippen LogP contribution in [0.2, 0.25) is 0 Å². The van der Waals surface area contributed by atoms with Crippen LogP contribution >= 0.6 is 0 Å². The van der Waals surface area contributed by atoms with Gasteiger partial charge in [0.25, 0.3) is 0 Å². The molecule has 21 heavy (non-hydrogen) atoms. The number of amides is 2. The zero-order chi connectivity index (χ0) is 16.0. The lowest BCUT2D eigenvalue weighted by Crippen LogP contribution is -2.44. The van der Waals surface area contributed by atoms with Gasteiger partial charge in [-0.25, -0.2) is 9.59 Å². The maximum Gasteiger partial charge on any atom is 0.326 e. The number of anilines is 1. The van der Waals surface area contributed by atoms with Gasteiger partial charge in [0.2, 0.25) is 0 Å². The van der Waals surface area contributed by atoms with E-state index in [9.17, 15) is 14.4 Å². The van der Waals surface area contributed by atoms with Gasteiger partial charge in [-0.2, -0.15) is 5.26 Å². The Bertz CT molecular complexity index is 621. The number of urea groups is 1. The lowest BCUT2D eigenvalue weighted by molar-refractivity contribution is -0.145. The monoisotopic (exact) mass is 291 g/mol. The van der Waals surface area contributed by atoms with Crippen molar-refractivity contribution in [3.63, 3.8) is 0 Å². The predicted molar refractivity (Wildman–Crippen MR) is 71.7 cm³/mol. The third-order valence-electron chi connectivity index (χ3n) is 2.61. The number of nitriles is 1. The first-order valence-corrected chi connectivity index (χ1v) is 5.87. The maximum atomic E-state index is 11.7. The molecule has 0 fully saturated rings. The molecule has 1 rings (SSSR count). The van der Waals surface area contributed by atoms with Gasteiger partial charge in [0.05, 0.1) is 17.7 Å². The van der Waals surface area contributed by atoms with Gasteiger partial charge in [-0.15, -0.1) is 0 Å². The van der Waals surface area contributed by atoms with E-state index in [1.165, 1.54) is 6.07 Å². The summed E-state index contributed by atoms with van der Waals surface area (Å²) in [5.74, 6) is -2.81. The summed E-state index contributed by atoms with van der Waals surface area (Å²) >= 11 is 0. The molecule has 1 atom stereocenters. The number of hydrogen-bond acceptors (Lipinski definition) is 4. The van der Waals surface area contributed by atoms with Gasteiger partial charge in [-0.1, -0.05) is 12.1 Å². The van der Waals surface area contributed by atoms with Gasteiger partial charge in [-0.05, 0) is 18.6 Å². The Balaban J connectivity index is 2.82. The molecule has 1 unspecified atom stereocenters. The number of carboxylic acid groups (broad SMARTS) is 2. The van der Waals surface area contributed by atoms with E-state index < -0.39 is 30.4 Å². The van der Waals surface area contributed by atoms with Crippen LogP contribution in [0.15, 0.2) is 18.2 Å². The molecule has 1 aromatic rings. The molecule has 0 spiro atoms. The lowest BCUT2D eigenvalue weighted by Gasteiger charge is -2.14. The lowest BCUT2D eigenvalue weighted by atomic mass is 10.1. The van der Waals surface area contributed by atoms with Crippen LogP contribution in [0.5, 0.6) is 0 Å². The van der Waals surface area contributed by atoms with Crippen LogP contribution in [0.25, 0.3) is 0 Å². The van der Waals surface area contributed by atoms with E-state index in [1.807, 2.05) is 11.4 Å². The number of carboxylic acids is 2. The first-order chi connectivity index (χ1) is 9.85. The molecular weight excluding hydrogens is 278 g/mol. The van der Waals surface area contributed by atoms with Crippen molar-refractivity contribution in [2.75, 3.05) is 5.32 Å². The number of aliphatic carboxylic acids is 2. The Morgan fingerprint density at radius 3 is 2.52 bits per heavy atom. The molecule has 0 radical (unpaired) electrons. The smallest absolute Gasteiger partial charge is 0.326 e. The van der Waals surface area contributed by atoms with E-state index in [2.05, 4.69) is 5.32 Å². The van der Waals surface area contributed by atoms with Gasteiger partial charge >= 0.3 is 18.0 Å². The van der Waals surface area contributed by atoms with Crippen molar-refractivity contribution in [3.05, 3.63) is 29.3 Å². The number of carbonyl (C=O) groups is 3. The van der Waals surface area contributed by atoms with Crippen molar-refractivity contribution in [2.45, 2.75) is 19.4 Å². The number of hydrogen-bond donors (Lipinski definition) is 4. The van der Waals surface area contributed by atoms with E-state index in [1.54, 1.807) is 19.1 Å². The topological polar surface area (TPSA) is 140 Å². The van der Waals surface area contributed by atoms with Crippen LogP contribution in [0, 0.1) is 18.3 Å². The Labute approximate surface area is 120 Å². The fourth-order valence-corrected chi connectivity index (χ4v) is 1.61. The Morgan fingerprint density at radius 1 is 1.33 bits per heavy atom. The molecule has 8 heteroatoms. The summed E-state index contributed by atoms with van der Waals surface area (Å²) in [5.41, 5.74) is 1.11. The Morgan fingerprint density at radius 2 is 2.00 bits per heavy atom. The molecule has 110 valence electrons. The molecule has 0 aliphatic rings. The molecule has 0 saturated heterocycles. The van der Waals surface area contributed by atoms with Crippen molar-refractivity contribution >= 4 is 23.7 Å². The third kappa shape index (κ3) is 4.50. The van der Waals surface area contributed by atoms with Gasteiger partial charge in [-0.3, -0.25) is 4.79 Å². The van der Waals surface area contributed by atoms with Crippen LogP contribution in [0.3, 0.4) is 0 Å². The molecule has 2 amide bonds. The summed E-state index contributed by atoms with van der Waals surface area (Å²) < 4.78 is 0. The summed E-state index contributed by atoms with van der Waals surface area (Å²) in [5, 5.41) is 30.8. The average Bonchev–Trinajstić information content (AvgIpc) is 2.37. The molecule has 0 aromatic heterocycles. The fourth-order valence-electron chi connectivity index (χ4n) is 1.61. The standard InChI is InChI=1S/C13H13N3O5/c1-7-3-2-4-9(8(7)6-14)15-13(21)16-10(12(19)20)5-11(17)18/h2-4,10H,5H2,1H3,(H,17,18)(H,19,20)(H2,15,16,21). The summed E-state index contributed by atoms with van der Waals surface area (Å²) in [6.07, 6.45) is -0.748. The second kappa shape index (κ2) is 6.91. The second-order valence-corrected chi connectivity index (χ2v) is 4.20. The minimum Gasteiger partial charge on any atom is -0.481 e. The normalized spacial score (nSPS) is 11.0. The zero-order valence-electron chi connectivity index (χ0n) is 11.1. The van der Waals surface area contributed by atoms with Gasteiger partial charge in [0, 0.05) is 0 Å². The molecule has 4 N–H and O–H groups in total. The van der Waals surface area contributed by atoms with E-state index >= 15 is 0 Å². The summed E-state index contributed by atoms with van der Waals surface area (Å²) in [6.45, 7) is 1.69. The fraction of sp³-hybridized carbons (Fsp3) is 0.231. The first kappa shape index (κ1) is 16.0. The number of rotatable bonds is 5. The van der Waals surface area contributed by atoms with Crippen LogP contribution in [0.1, 0.15) is 17.5 Å². The second-order valence-electron chi connectivity index (χ2n) is 4.20. The van der Waals surface area contributed by atoms with Crippen molar-refractivity contribution in [1.82, 2.24) is 5.32 Å². The van der Waals surface area contributed by atoms with Crippen LogP contribution in [-0.4, -0.2) is 34.2 Å². The van der Waals surface area contributed by atoms with E-state index in [4.69, 9.17) is 15.5 Å². The maximum absolute atomic E-state index is 11.7. The minimum atomic E-state index is -1.56. The number of carbonyl (C=O) groups excluding carboxylic acids is 1. The highest BCUT2D eigenvalue weighted by Crippen LogP contribution is 2.18. The molecule has 0 aliphatic heterocycles. The number of nitrogens with one attached hydrogen (secondary N) is 2. The highest BCUT2D eigenvalue weighted by atomic mass is 16.4. The molecule has 0 bridgehead atoms. The van der Waals surface area contributed by atoms with Crippen molar-refractivity contribution < 1.29 is 24.6 Å². The first-order valence-electron chi connectivity index (χ1n) is 5.87. The van der Waals surface area contributed by atoms with Crippen LogP contribution in [0.4, 0.5) is 10.5 Å². The minimum absolute atomic E-state index is 0.217. The van der Waals surface area contributed by atoms with Crippen molar-refractivity contribution in [3.8, 4) is 6.07 Å². The van der Waals surface area contributed by atoms with E-state index in [-0.39, 0.29) is 11.3 Å². The molecule has 0 heterocycles. The van der Waals surface area contributed by atoms with Crippen LogP contribution in [-0.2, 0) is 9.59 Å². The zero-order valence-corrected chi connectivity index (χ0v) is 11.1. The summed E-state index contributed by atoms with van der Waals surface area (Å²) in [6, 6.07) is 4.26. The summed E-state index contributed by atoms with van der Waals surface area (Å²) in [7, 11) is 0. The van der Waals surface area contributed by atoms with E-state index in [0.29, 0.717) is 5.56 Å². The van der Waals surface area contributed by atoms with E-state index in [0.717, 1.165) is 0 Å². The Kier molecular flexibility index (Phi) is 5.25. The quantitative estimate of drug-likeness (QED) is 0.636. The Hall–Kier alpha value is -3.08. The van der Waals surface area contributed by atoms with Gasteiger partial charge in [0.1, 0.15) is 12.1 Å². The number of benzene rings is 1. The summed E-state index contributed by atoms with van der Waals surface area (Å²) in [4.78, 5) is 33.1. The predicted octanol–water partition coefficient (Wildman–Crippen LogP) is 0.916. The molecule has 1 aromatic carbocycles. The average molecular weight is 291 g/mol. The van der Waals surface area contributed by atoms with Crippen molar-refractivity contribution in [1.29, 1.82) is 5.26 Å². The highest BCUT2D eigenvalue weighted by molar-refractivity contribution is 5.94. The number of aryl methyl sites for hydroxylation is 1. The highest BCUT2D eigenvalue weighted by Gasteiger charge is 2.23. The molecule has 8 nitrogen and oxygen atoms in total.